The van der Waals surface area contributed by atoms with Crippen molar-refractivity contribution >= 4 is 5.91 Å². The molecule has 2 aliphatic carbocycles. The van der Waals surface area contributed by atoms with Crippen molar-refractivity contribution in [3.05, 3.63) is 0 Å². The molecule has 0 saturated heterocycles. The van der Waals surface area contributed by atoms with E-state index in [4.69, 9.17) is 5.73 Å². The van der Waals surface area contributed by atoms with Crippen LogP contribution in [0.1, 0.15) is 38.5 Å². The van der Waals surface area contributed by atoms with Gasteiger partial charge in [0.1, 0.15) is 0 Å². The largest absolute Gasteiger partial charge is 0.356 e. The van der Waals surface area contributed by atoms with Gasteiger partial charge >= 0.3 is 0 Å². The molecule has 0 bridgehead atoms. The summed E-state index contributed by atoms with van der Waals surface area (Å²) in [4.78, 5) is 11.5. The van der Waals surface area contributed by atoms with Crippen molar-refractivity contribution in [1.29, 1.82) is 0 Å². The molecule has 3 heteroatoms. The Kier molecular flexibility index (Phi) is 3.62. The molecule has 0 aromatic rings. The number of nitrogens with one attached hydrogen (secondary N) is 1. The van der Waals surface area contributed by atoms with Crippen LogP contribution in [0, 0.1) is 17.8 Å². The smallest absolute Gasteiger partial charge is 0.223 e. The van der Waals surface area contributed by atoms with E-state index >= 15 is 0 Å². The fourth-order valence-electron chi connectivity index (χ4n) is 2.59. The normalized spacial score (nSPS) is 31.3. The predicted octanol–water partition coefficient (Wildman–Crippen LogP) is 1.28. The summed E-state index contributed by atoms with van der Waals surface area (Å²) in [6.07, 6.45) is 7.30. The minimum Gasteiger partial charge on any atom is -0.356 e. The molecule has 0 aliphatic heterocycles. The molecular formula is C12H22N2O. The Balaban J connectivity index is 1.73. The van der Waals surface area contributed by atoms with Crippen molar-refractivity contribution in [3.8, 4) is 0 Å². The lowest BCUT2D eigenvalue weighted by Crippen LogP contribution is -2.37. The number of nitrogens with two attached hydrogens (primary N) is 1. The molecule has 2 atom stereocenters. The van der Waals surface area contributed by atoms with E-state index in [1.165, 1.54) is 25.7 Å². The van der Waals surface area contributed by atoms with Gasteiger partial charge in [-0.2, -0.15) is 0 Å². The summed E-state index contributed by atoms with van der Waals surface area (Å²) in [5.74, 6) is 1.88. The number of hydrogen-bond acceptors (Lipinski definition) is 2. The first-order chi connectivity index (χ1) is 7.31. The minimum atomic E-state index is 0.274. The Morgan fingerprint density at radius 2 is 1.80 bits per heavy atom. The lowest BCUT2D eigenvalue weighted by molar-refractivity contribution is -0.122. The van der Waals surface area contributed by atoms with E-state index in [9.17, 15) is 4.79 Å². The Morgan fingerprint density at radius 1 is 1.13 bits per heavy atom. The van der Waals surface area contributed by atoms with Crippen molar-refractivity contribution in [2.24, 2.45) is 23.5 Å². The molecule has 2 rings (SSSR count). The van der Waals surface area contributed by atoms with Gasteiger partial charge in [-0.15, -0.1) is 0 Å². The summed E-state index contributed by atoms with van der Waals surface area (Å²) in [5, 5.41) is 3.08. The summed E-state index contributed by atoms with van der Waals surface area (Å²) < 4.78 is 0. The van der Waals surface area contributed by atoms with Gasteiger partial charge in [-0.05, 0) is 44.1 Å². The number of carbonyl (C=O) groups is 1. The summed E-state index contributed by atoms with van der Waals surface area (Å²) >= 11 is 0. The molecule has 0 radical (unpaired) electrons. The van der Waals surface area contributed by atoms with Crippen LogP contribution in [-0.4, -0.2) is 19.0 Å². The van der Waals surface area contributed by atoms with Gasteiger partial charge < -0.3 is 11.1 Å². The quantitative estimate of drug-likeness (QED) is 0.734. The second kappa shape index (κ2) is 4.97. The van der Waals surface area contributed by atoms with Crippen molar-refractivity contribution in [2.45, 2.75) is 38.5 Å². The molecule has 2 saturated carbocycles. The second-order valence-corrected chi connectivity index (χ2v) is 5.06. The SMILES string of the molecule is NCC1CCCCC1CNC(=O)C1CC1. The van der Waals surface area contributed by atoms with Crippen molar-refractivity contribution in [1.82, 2.24) is 5.32 Å². The van der Waals surface area contributed by atoms with Crippen LogP contribution in [0.25, 0.3) is 0 Å². The molecule has 86 valence electrons. The predicted molar refractivity (Wildman–Crippen MR) is 60.2 cm³/mol. The zero-order valence-corrected chi connectivity index (χ0v) is 9.37. The first-order valence-electron chi connectivity index (χ1n) is 6.29. The van der Waals surface area contributed by atoms with Crippen LogP contribution in [-0.2, 0) is 4.79 Å². The van der Waals surface area contributed by atoms with Gasteiger partial charge in [-0.25, -0.2) is 0 Å². The molecule has 0 aromatic carbocycles. The molecule has 2 fully saturated rings. The average Bonchev–Trinajstić information content (AvgIpc) is 3.10. The maximum absolute atomic E-state index is 11.5. The van der Waals surface area contributed by atoms with Gasteiger partial charge in [0.15, 0.2) is 0 Å². The Labute approximate surface area is 91.8 Å². The van der Waals surface area contributed by atoms with Crippen LogP contribution in [0.4, 0.5) is 0 Å². The molecule has 3 nitrogen and oxygen atoms in total. The zero-order valence-electron chi connectivity index (χ0n) is 9.37. The Morgan fingerprint density at radius 3 is 2.40 bits per heavy atom. The van der Waals surface area contributed by atoms with Gasteiger partial charge in [0, 0.05) is 12.5 Å². The summed E-state index contributed by atoms with van der Waals surface area (Å²) in [7, 11) is 0. The molecule has 15 heavy (non-hydrogen) atoms. The summed E-state index contributed by atoms with van der Waals surface area (Å²) in [6.45, 7) is 1.64. The molecule has 0 heterocycles. The van der Waals surface area contributed by atoms with Gasteiger partial charge in [-0.1, -0.05) is 12.8 Å². The fraction of sp³-hybridized carbons (Fsp3) is 0.917. The van der Waals surface area contributed by atoms with Crippen LogP contribution in [0.5, 0.6) is 0 Å². The van der Waals surface area contributed by atoms with Crippen LogP contribution >= 0.6 is 0 Å². The van der Waals surface area contributed by atoms with Crippen LogP contribution in [0.15, 0.2) is 0 Å². The number of amides is 1. The Hall–Kier alpha value is -0.570. The van der Waals surface area contributed by atoms with Gasteiger partial charge in [0.05, 0.1) is 0 Å². The fourth-order valence-corrected chi connectivity index (χ4v) is 2.59. The van der Waals surface area contributed by atoms with E-state index in [0.29, 0.717) is 17.8 Å². The number of hydrogen-bond donors (Lipinski definition) is 2. The maximum Gasteiger partial charge on any atom is 0.223 e. The van der Waals surface area contributed by atoms with Crippen molar-refractivity contribution in [3.63, 3.8) is 0 Å². The highest BCUT2D eigenvalue weighted by molar-refractivity contribution is 5.80. The lowest BCUT2D eigenvalue weighted by atomic mass is 9.79. The van der Waals surface area contributed by atoms with Crippen molar-refractivity contribution < 1.29 is 4.79 Å². The van der Waals surface area contributed by atoms with Gasteiger partial charge in [0.2, 0.25) is 5.91 Å². The van der Waals surface area contributed by atoms with Crippen molar-refractivity contribution in [2.75, 3.05) is 13.1 Å². The van der Waals surface area contributed by atoms with E-state index in [0.717, 1.165) is 25.9 Å². The third kappa shape index (κ3) is 2.94. The highest BCUT2D eigenvalue weighted by atomic mass is 16.2. The third-order valence-electron chi connectivity index (χ3n) is 3.86. The topological polar surface area (TPSA) is 55.1 Å². The van der Waals surface area contributed by atoms with Crippen LogP contribution < -0.4 is 11.1 Å². The van der Waals surface area contributed by atoms with E-state index in [1.54, 1.807) is 0 Å². The molecular weight excluding hydrogens is 188 g/mol. The lowest BCUT2D eigenvalue weighted by Gasteiger charge is -2.30. The third-order valence-corrected chi connectivity index (χ3v) is 3.86. The molecule has 1 amide bonds. The highest BCUT2D eigenvalue weighted by Crippen LogP contribution is 2.31. The van der Waals surface area contributed by atoms with E-state index in [1.807, 2.05) is 0 Å². The van der Waals surface area contributed by atoms with Gasteiger partial charge in [0.25, 0.3) is 0 Å². The van der Waals surface area contributed by atoms with E-state index < -0.39 is 0 Å². The van der Waals surface area contributed by atoms with Crippen LogP contribution in [0.3, 0.4) is 0 Å². The summed E-state index contributed by atoms with van der Waals surface area (Å²) in [6, 6.07) is 0. The van der Waals surface area contributed by atoms with E-state index in [-0.39, 0.29) is 5.91 Å². The number of carbonyl (C=O) groups excluding carboxylic acids is 1. The average molecular weight is 210 g/mol. The first-order valence-corrected chi connectivity index (χ1v) is 6.29. The zero-order chi connectivity index (χ0) is 10.7. The highest BCUT2D eigenvalue weighted by Gasteiger charge is 2.31. The monoisotopic (exact) mass is 210 g/mol. The number of rotatable bonds is 4. The molecule has 3 N–H and O–H groups in total. The van der Waals surface area contributed by atoms with Gasteiger partial charge in [-0.3, -0.25) is 4.79 Å². The van der Waals surface area contributed by atoms with Crippen LogP contribution in [0.2, 0.25) is 0 Å². The first kappa shape index (κ1) is 10.9. The maximum atomic E-state index is 11.5. The standard InChI is InChI=1S/C12H22N2O/c13-7-10-3-1-2-4-11(10)8-14-12(15)9-5-6-9/h9-11H,1-8,13H2,(H,14,15). The molecule has 2 aliphatic rings. The minimum absolute atomic E-state index is 0.274. The molecule has 2 unspecified atom stereocenters. The molecule has 0 aromatic heterocycles. The summed E-state index contributed by atoms with van der Waals surface area (Å²) in [5.41, 5.74) is 5.76. The molecule has 0 spiro atoms. The Bertz CT molecular complexity index is 226. The second-order valence-electron chi connectivity index (χ2n) is 5.06. The van der Waals surface area contributed by atoms with E-state index in [2.05, 4.69) is 5.32 Å².